The van der Waals surface area contributed by atoms with Gasteiger partial charge in [-0.3, -0.25) is 4.90 Å². The quantitative estimate of drug-likeness (QED) is 0.855. The standard InChI is InChI=1S/C17H28N2O2.2ClH/c1-5-21-15-12-13(6-7-14(15)20)16(17(2,3)4)19-10-8-18-9-11-19;;/h6-7,12,16,18,20H,5,8-11H2,1-4H3;2*1H/t16-;;/m1../s1. The van der Waals surface area contributed by atoms with Crippen molar-refractivity contribution in [1.29, 1.82) is 0 Å². The fraction of sp³-hybridized carbons (Fsp3) is 0.647. The first kappa shape index (κ1) is 22.3. The highest BCUT2D eigenvalue weighted by Gasteiger charge is 2.32. The lowest BCUT2D eigenvalue weighted by atomic mass is 9.81. The van der Waals surface area contributed by atoms with Crippen LogP contribution in [0.4, 0.5) is 0 Å². The maximum Gasteiger partial charge on any atom is 0.161 e. The lowest BCUT2D eigenvalue weighted by Gasteiger charge is -2.42. The van der Waals surface area contributed by atoms with Crippen molar-refractivity contribution in [2.24, 2.45) is 5.41 Å². The zero-order valence-corrected chi connectivity index (χ0v) is 16.1. The molecule has 4 nitrogen and oxygen atoms in total. The Balaban J connectivity index is 0.00000242. The number of hydrogen-bond donors (Lipinski definition) is 2. The Kier molecular flexibility index (Phi) is 9.29. The number of piperazine rings is 1. The molecule has 23 heavy (non-hydrogen) atoms. The highest BCUT2D eigenvalue weighted by molar-refractivity contribution is 5.85. The number of phenols is 1. The van der Waals surface area contributed by atoms with Crippen LogP contribution >= 0.6 is 24.8 Å². The summed E-state index contributed by atoms with van der Waals surface area (Å²) in [5, 5.41) is 13.3. The van der Waals surface area contributed by atoms with E-state index >= 15 is 0 Å². The lowest BCUT2D eigenvalue weighted by Crippen LogP contribution is -2.48. The predicted molar refractivity (Wildman–Crippen MR) is 100 cm³/mol. The van der Waals surface area contributed by atoms with Gasteiger partial charge >= 0.3 is 0 Å². The molecule has 0 aromatic heterocycles. The second-order valence-electron chi connectivity index (χ2n) is 6.71. The summed E-state index contributed by atoms with van der Waals surface area (Å²) in [6.45, 7) is 13.5. The summed E-state index contributed by atoms with van der Waals surface area (Å²) < 4.78 is 5.55. The van der Waals surface area contributed by atoms with E-state index in [9.17, 15) is 5.11 Å². The van der Waals surface area contributed by atoms with Crippen LogP contribution in [0.2, 0.25) is 0 Å². The molecule has 0 spiro atoms. The monoisotopic (exact) mass is 364 g/mol. The van der Waals surface area contributed by atoms with E-state index in [1.807, 2.05) is 19.1 Å². The molecule has 2 N–H and O–H groups in total. The Bertz CT molecular complexity index is 472. The average molecular weight is 365 g/mol. The van der Waals surface area contributed by atoms with Gasteiger partial charge in [-0.2, -0.15) is 0 Å². The zero-order valence-electron chi connectivity index (χ0n) is 14.5. The topological polar surface area (TPSA) is 44.7 Å². The second kappa shape index (κ2) is 9.58. The molecule has 1 aliphatic rings. The first-order chi connectivity index (χ1) is 9.93. The molecule has 134 valence electrons. The normalized spacial score (nSPS) is 16.9. The summed E-state index contributed by atoms with van der Waals surface area (Å²) in [4.78, 5) is 2.53. The molecule has 1 atom stereocenters. The van der Waals surface area contributed by atoms with Crippen molar-refractivity contribution in [2.75, 3.05) is 32.8 Å². The minimum atomic E-state index is 0. The van der Waals surface area contributed by atoms with Crippen molar-refractivity contribution in [1.82, 2.24) is 10.2 Å². The van der Waals surface area contributed by atoms with Crippen LogP contribution in [0.15, 0.2) is 18.2 Å². The molecule has 6 heteroatoms. The summed E-state index contributed by atoms with van der Waals surface area (Å²) >= 11 is 0. The Morgan fingerprint density at radius 1 is 1.22 bits per heavy atom. The Hall–Kier alpha value is -0.680. The van der Waals surface area contributed by atoms with E-state index in [1.165, 1.54) is 5.56 Å². The number of hydrogen-bond acceptors (Lipinski definition) is 4. The van der Waals surface area contributed by atoms with Gasteiger partial charge in [0.15, 0.2) is 11.5 Å². The molecule has 2 rings (SSSR count). The van der Waals surface area contributed by atoms with Gasteiger partial charge < -0.3 is 15.2 Å². The summed E-state index contributed by atoms with van der Waals surface area (Å²) in [5.74, 6) is 0.799. The summed E-state index contributed by atoms with van der Waals surface area (Å²) in [7, 11) is 0. The molecule has 0 unspecified atom stereocenters. The van der Waals surface area contributed by atoms with E-state index in [0.29, 0.717) is 18.4 Å². The molecule has 0 amide bonds. The molecule has 1 aromatic carbocycles. The number of rotatable bonds is 4. The van der Waals surface area contributed by atoms with Crippen molar-refractivity contribution >= 4 is 24.8 Å². The van der Waals surface area contributed by atoms with E-state index in [4.69, 9.17) is 4.74 Å². The number of ether oxygens (including phenoxy) is 1. The van der Waals surface area contributed by atoms with Crippen LogP contribution < -0.4 is 10.1 Å². The minimum absolute atomic E-state index is 0. The van der Waals surface area contributed by atoms with E-state index in [1.54, 1.807) is 6.07 Å². The van der Waals surface area contributed by atoms with Gasteiger partial charge in [-0.25, -0.2) is 0 Å². The number of aromatic hydroxyl groups is 1. The molecule has 1 aliphatic heterocycles. The van der Waals surface area contributed by atoms with Crippen molar-refractivity contribution < 1.29 is 9.84 Å². The van der Waals surface area contributed by atoms with Gasteiger partial charge in [-0.1, -0.05) is 26.8 Å². The number of halogens is 2. The van der Waals surface area contributed by atoms with Gasteiger partial charge in [0.1, 0.15) is 0 Å². The number of nitrogens with zero attached hydrogens (tertiary/aromatic N) is 1. The molecule has 1 aromatic rings. The van der Waals surface area contributed by atoms with E-state index in [0.717, 1.165) is 26.2 Å². The molecule has 1 fully saturated rings. The summed E-state index contributed by atoms with van der Waals surface area (Å²) in [6, 6.07) is 6.09. The van der Waals surface area contributed by atoms with E-state index in [2.05, 4.69) is 31.0 Å². The van der Waals surface area contributed by atoms with Gasteiger partial charge in [0.25, 0.3) is 0 Å². The molecule has 0 aliphatic carbocycles. The Morgan fingerprint density at radius 3 is 2.35 bits per heavy atom. The number of nitrogens with one attached hydrogen (secondary N) is 1. The third-order valence-corrected chi connectivity index (χ3v) is 3.94. The molecular weight excluding hydrogens is 335 g/mol. The fourth-order valence-electron chi connectivity index (χ4n) is 3.17. The summed E-state index contributed by atoms with van der Waals surface area (Å²) in [6.07, 6.45) is 0. The first-order valence-electron chi connectivity index (χ1n) is 7.84. The van der Waals surface area contributed by atoms with Crippen molar-refractivity contribution in [3.8, 4) is 11.5 Å². The SMILES string of the molecule is CCOc1cc([C@@H](N2CCNCC2)C(C)(C)C)ccc1O.Cl.Cl. The third-order valence-electron chi connectivity index (χ3n) is 3.94. The molecule has 0 bridgehead atoms. The van der Waals surface area contributed by atoms with Gasteiger partial charge in [0.05, 0.1) is 6.61 Å². The van der Waals surface area contributed by atoms with Crippen LogP contribution in [-0.4, -0.2) is 42.8 Å². The molecular formula is C17H30Cl2N2O2. The summed E-state index contributed by atoms with van der Waals surface area (Å²) in [5.41, 5.74) is 1.34. The highest BCUT2D eigenvalue weighted by atomic mass is 35.5. The smallest absolute Gasteiger partial charge is 0.161 e. The van der Waals surface area contributed by atoms with Crippen LogP contribution in [-0.2, 0) is 0 Å². The first-order valence-corrected chi connectivity index (χ1v) is 7.84. The predicted octanol–water partition coefficient (Wildman–Crippen LogP) is 3.63. The Labute approximate surface area is 152 Å². The van der Waals surface area contributed by atoms with Crippen LogP contribution in [0.25, 0.3) is 0 Å². The number of phenolic OH excluding ortho intramolecular Hbond substituents is 1. The van der Waals surface area contributed by atoms with Gasteiger partial charge in [0, 0.05) is 32.2 Å². The minimum Gasteiger partial charge on any atom is -0.504 e. The molecule has 1 heterocycles. The van der Waals surface area contributed by atoms with Crippen molar-refractivity contribution in [3.63, 3.8) is 0 Å². The van der Waals surface area contributed by atoms with Gasteiger partial charge in [0.2, 0.25) is 0 Å². The van der Waals surface area contributed by atoms with Crippen molar-refractivity contribution in [3.05, 3.63) is 23.8 Å². The third kappa shape index (κ3) is 5.71. The van der Waals surface area contributed by atoms with Crippen LogP contribution in [0, 0.1) is 5.41 Å². The molecule has 0 radical (unpaired) electrons. The largest absolute Gasteiger partial charge is 0.504 e. The van der Waals surface area contributed by atoms with Crippen molar-refractivity contribution in [2.45, 2.75) is 33.7 Å². The maximum absolute atomic E-state index is 9.91. The average Bonchev–Trinajstić information content (AvgIpc) is 2.42. The highest BCUT2D eigenvalue weighted by Crippen LogP contribution is 2.40. The van der Waals surface area contributed by atoms with Crippen LogP contribution in [0.1, 0.15) is 39.3 Å². The van der Waals surface area contributed by atoms with Gasteiger partial charge in [-0.15, -0.1) is 24.8 Å². The Morgan fingerprint density at radius 2 is 1.83 bits per heavy atom. The van der Waals surface area contributed by atoms with E-state index in [-0.39, 0.29) is 36.0 Å². The number of benzene rings is 1. The second-order valence-corrected chi connectivity index (χ2v) is 6.71. The molecule has 1 saturated heterocycles. The fourth-order valence-corrected chi connectivity index (χ4v) is 3.17. The maximum atomic E-state index is 9.91. The molecule has 0 saturated carbocycles. The lowest BCUT2D eigenvalue weighted by molar-refractivity contribution is 0.0859. The zero-order chi connectivity index (χ0) is 15.5. The van der Waals surface area contributed by atoms with Crippen LogP contribution in [0.3, 0.4) is 0 Å². The van der Waals surface area contributed by atoms with Gasteiger partial charge in [-0.05, 0) is 30.0 Å². The van der Waals surface area contributed by atoms with Crippen LogP contribution in [0.5, 0.6) is 11.5 Å². The van der Waals surface area contributed by atoms with E-state index < -0.39 is 0 Å².